The van der Waals surface area contributed by atoms with Crippen LogP contribution in [0.5, 0.6) is 5.75 Å². The fourth-order valence-electron chi connectivity index (χ4n) is 3.60. The molecule has 3 amide bonds. The van der Waals surface area contributed by atoms with Crippen molar-refractivity contribution in [3.05, 3.63) is 71.4 Å². The first-order valence-electron chi connectivity index (χ1n) is 11.5. The van der Waals surface area contributed by atoms with Gasteiger partial charge in [-0.25, -0.2) is 4.98 Å². The van der Waals surface area contributed by atoms with E-state index in [2.05, 4.69) is 20.9 Å². The Labute approximate surface area is 212 Å². The van der Waals surface area contributed by atoms with Crippen LogP contribution in [0.2, 0.25) is 0 Å². The molecule has 0 fully saturated rings. The van der Waals surface area contributed by atoms with Crippen molar-refractivity contribution in [2.75, 3.05) is 25.0 Å². The molecule has 0 saturated heterocycles. The van der Waals surface area contributed by atoms with Crippen LogP contribution in [-0.4, -0.2) is 46.8 Å². The lowest BCUT2D eigenvalue weighted by molar-refractivity contribution is -0.120. The van der Waals surface area contributed by atoms with Crippen molar-refractivity contribution < 1.29 is 19.1 Å². The van der Waals surface area contributed by atoms with Gasteiger partial charge in [0.1, 0.15) is 5.75 Å². The molecule has 2 heterocycles. The Balaban J connectivity index is 1.26. The first-order valence-corrected chi connectivity index (χ1v) is 12.4. The summed E-state index contributed by atoms with van der Waals surface area (Å²) in [6.07, 6.45) is 2.14. The maximum atomic E-state index is 12.5. The summed E-state index contributed by atoms with van der Waals surface area (Å²) >= 11 is 1.48. The normalized spacial score (nSPS) is 10.7. The molecule has 2 aromatic heterocycles. The summed E-state index contributed by atoms with van der Waals surface area (Å²) in [5.41, 5.74) is 3.75. The highest BCUT2D eigenvalue weighted by molar-refractivity contribution is 7.15. The maximum Gasteiger partial charge on any atom is 0.251 e. The van der Waals surface area contributed by atoms with Gasteiger partial charge in [0.2, 0.25) is 11.8 Å². The molecule has 9 nitrogen and oxygen atoms in total. The van der Waals surface area contributed by atoms with E-state index in [9.17, 15) is 14.4 Å². The fourth-order valence-corrected chi connectivity index (χ4v) is 4.47. The van der Waals surface area contributed by atoms with Crippen LogP contribution in [0.25, 0.3) is 16.2 Å². The van der Waals surface area contributed by atoms with E-state index in [1.807, 2.05) is 47.2 Å². The third-order valence-electron chi connectivity index (χ3n) is 5.29. The number of imidazole rings is 1. The zero-order valence-electron chi connectivity index (χ0n) is 20.0. The fraction of sp³-hybridized carbons (Fsp3) is 0.231. The standard InChI is InChI=1S/C26H27N5O4S/c1-3-35-22-10-6-18(7-11-22)23-15-31-21(16-36-26(31)30-23)14-24(33)27-12-13-28-25(34)19-4-8-20(9-5-19)29-17(2)32/h4-11,15-16H,3,12-14H2,1-2H3,(H,27,33)(H,28,34)(H,29,32). The van der Waals surface area contributed by atoms with Crippen molar-refractivity contribution >= 4 is 39.7 Å². The number of nitrogens with zero attached hydrogens (tertiary/aromatic N) is 2. The van der Waals surface area contributed by atoms with Crippen molar-refractivity contribution in [2.24, 2.45) is 0 Å². The van der Waals surface area contributed by atoms with Crippen molar-refractivity contribution in [3.63, 3.8) is 0 Å². The summed E-state index contributed by atoms with van der Waals surface area (Å²) in [6.45, 7) is 4.59. The number of amides is 3. The molecule has 0 spiro atoms. The number of hydrogen-bond donors (Lipinski definition) is 3. The Bertz CT molecular complexity index is 1360. The van der Waals surface area contributed by atoms with Crippen LogP contribution >= 0.6 is 11.3 Å². The van der Waals surface area contributed by atoms with E-state index in [0.29, 0.717) is 30.9 Å². The summed E-state index contributed by atoms with van der Waals surface area (Å²) in [7, 11) is 0. The van der Waals surface area contributed by atoms with Crippen LogP contribution < -0.4 is 20.7 Å². The Morgan fingerprint density at radius 3 is 2.42 bits per heavy atom. The van der Waals surface area contributed by atoms with Crippen LogP contribution in [0, 0.1) is 0 Å². The topological polar surface area (TPSA) is 114 Å². The highest BCUT2D eigenvalue weighted by atomic mass is 32.1. The minimum absolute atomic E-state index is 0.139. The van der Waals surface area contributed by atoms with Gasteiger partial charge in [-0.3, -0.25) is 18.8 Å². The average molecular weight is 506 g/mol. The Morgan fingerprint density at radius 1 is 1.00 bits per heavy atom. The lowest BCUT2D eigenvalue weighted by Crippen LogP contribution is -2.35. The van der Waals surface area contributed by atoms with Crippen LogP contribution in [0.1, 0.15) is 29.9 Å². The molecule has 0 radical (unpaired) electrons. The number of fused-ring (bicyclic) bond motifs is 1. The van der Waals surface area contributed by atoms with Gasteiger partial charge in [-0.2, -0.15) is 0 Å². The van der Waals surface area contributed by atoms with Gasteiger partial charge in [-0.1, -0.05) is 0 Å². The molecule has 186 valence electrons. The number of rotatable bonds is 10. The minimum atomic E-state index is -0.251. The average Bonchev–Trinajstić information content (AvgIpc) is 3.44. The molecule has 0 saturated carbocycles. The largest absolute Gasteiger partial charge is 0.494 e. The SMILES string of the molecule is CCOc1ccc(-c2cn3c(CC(=O)NCCNC(=O)c4ccc(NC(C)=O)cc4)csc3n2)cc1. The molecule has 0 aliphatic carbocycles. The van der Waals surface area contributed by atoms with E-state index < -0.39 is 0 Å². The molecule has 10 heteroatoms. The quantitative estimate of drug-likeness (QED) is 0.286. The first-order chi connectivity index (χ1) is 17.4. The summed E-state index contributed by atoms with van der Waals surface area (Å²) in [5.74, 6) is 0.251. The first kappa shape index (κ1) is 24.9. The van der Waals surface area contributed by atoms with E-state index in [1.54, 1.807) is 24.3 Å². The number of ether oxygens (including phenoxy) is 1. The Kier molecular flexibility index (Phi) is 7.96. The minimum Gasteiger partial charge on any atom is -0.494 e. The zero-order valence-corrected chi connectivity index (χ0v) is 20.9. The number of thiazole rings is 1. The second-order valence-electron chi connectivity index (χ2n) is 8.00. The van der Waals surface area contributed by atoms with Crippen LogP contribution in [0.4, 0.5) is 5.69 Å². The van der Waals surface area contributed by atoms with Gasteiger partial charge < -0.3 is 20.7 Å². The molecule has 4 aromatic rings. The number of anilines is 1. The maximum absolute atomic E-state index is 12.5. The molecule has 36 heavy (non-hydrogen) atoms. The van der Waals surface area contributed by atoms with Gasteiger partial charge in [0.25, 0.3) is 5.91 Å². The lowest BCUT2D eigenvalue weighted by atomic mass is 10.1. The molecule has 0 aliphatic rings. The molecule has 2 aromatic carbocycles. The number of carbonyl (C=O) groups excluding carboxylic acids is 3. The number of hydrogen-bond acceptors (Lipinski definition) is 6. The second kappa shape index (κ2) is 11.5. The molecule has 3 N–H and O–H groups in total. The number of nitrogens with one attached hydrogen (secondary N) is 3. The van der Waals surface area contributed by atoms with E-state index in [-0.39, 0.29) is 24.1 Å². The molecular weight excluding hydrogens is 478 g/mol. The van der Waals surface area contributed by atoms with Crippen molar-refractivity contribution in [1.82, 2.24) is 20.0 Å². The molecule has 0 aliphatic heterocycles. The van der Waals surface area contributed by atoms with Crippen LogP contribution in [0.3, 0.4) is 0 Å². The highest BCUT2D eigenvalue weighted by Crippen LogP contribution is 2.25. The van der Waals surface area contributed by atoms with Gasteiger partial charge in [0.15, 0.2) is 4.96 Å². The number of aromatic nitrogens is 2. The number of benzene rings is 2. The summed E-state index contributed by atoms with van der Waals surface area (Å²) in [5, 5.41) is 10.2. The van der Waals surface area contributed by atoms with Crippen LogP contribution in [0.15, 0.2) is 60.1 Å². The third kappa shape index (κ3) is 6.28. The van der Waals surface area contributed by atoms with Gasteiger partial charge in [0, 0.05) is 54.1 Å². The predicted molar refractivity (Wildman–Crippen MR) is 139 cm³/mol. The Morgan fingerprint density at radius 2 is 1.72 bits per heavy atom. The molecular formula is C26H27N5O4S. The van der Waals surface area contributed by atoms with E-state index in [4.69, 9.17) is 4.74 Å². The smallest absolute Gasteiger partial charge is 0.251 e. The van der Waals surface area contributed by atoms with Crippen molar-refractivity contribution in [1.29, 1.82) is 0 Å². The zero-order chi connectivity index (χ0) is 25.5. The van der Waals surface area contributed by atoms with E-state index in [1.165, 1.54) is 18.3 Å². The second-order valence-corrected chi connectivity index (χ2v) is 8.84. The highest BCUT2D eigenvalue weighted by Gasteiger charge is 2.13. The van der Waals surface area contributed by atoms with Gasteiger partial charge >= 0.3 is 0 Å². The predicted octanol–water partition coefficient (Wildman–Crippen LogP) is 3.51. The van der Waals surface area contributed by atoms with E-state index in [0.717, 1.165) is 27.7 Å². The Hall–Kier alpha value is -4.18. The van der Waals surface area contributed by atoms with E-state index >= 15 is 0 Å². The number of carbonyl (C=O) groups is 3. The van der Waals surface area contributed by atoms with Gasteiger partial charge in [0.05, 0.1) is 18.7 Å². The third-order valence-corrected chi connectivity index (χ3v) is 6.18. The van der Waals surface area contributed by atoms with Crippen LogP contribution in [-0.2, 0) is 16.0 Å². The van der Waals surface area contributed by atoms with Crippen molar-refractivity contribution in [3.8, 4) is 17.0 Å². The molecule has 0 bridgehead atoms. The van der Waals surface area contributed by atoms with Crippen molar-refractivity contribution in [2.45, 2.75) is 20.3 Å². The summed E-state index contributed by atoms with van der Waals surface area (Å²) < 4.78 is 7.42. The van der Waals surface area contributed by atoms with Gasteiger partial charge in [-0.15, -0.1) is 11.3 Å². The molecule has 0 unspecified atom stereocenters. The molecule has 0 atom stereocenters. The monoisotopic (exact) mass is 505 g/mol. The van der Waals surface area contributed by atoms with Gasteiger partial charge in [-0.05, 0) is 55.5 Å². The lowest BCUT2D eigenvalue weighted by Gasteiger charge is -2.08. The molecule has 4 rings (SSSR count). The summed E-state index contributed by atoms with van der Waals surface area (Å²) in [6, 6.07) is 14.4. The summed E-state index contributed by atoms with van der Waals surface area (Å²) in [4.78, 5) is 41.3.